The van der Waals surface area contributed by atoms with Gasteiger partial charge in [-0.3, -0.25) is 4.21 Å². The predicted octanol–water partition coefficient (Wildman–Crippen LogP) is 4.94. The first kappa shape index (κ1) is 16.3. The predicted molar refractivity (Wildman–Crippen MR) is 89.2 cm³/mol. The van der Waals surface area contributed by atoms with Crippen LogP contribution >= 0.6 is 0 Å². The zero-order valence-corrected chi connectivity index (χ0v) is 15.4. The van der Waals surface area contributed by atoms with Crippen molar-refractivity contribution in [2.24, 2.45) is 22.7 Å². The third kappa shape index (κ3) is 2.23. The van der Waals surface area contributed by atoms with Crippen LogP contribution in [0.3, 0.4) is 0 Å². The van der Waals surface area contributed by atoms with Gasteiger partial charge in [0.05, 0.1) is 10.5 Å². The minimum Gasteiger partial charge on any atom is -0.258 e. The summed E-state index contributed by atoms with van der Waals surface area (Å²) in [6, 6.07) is 0. The summed E-state index contributed by atoms with van der Waals surface area (Å²) in [5.74, 6) is 1.26. The van der Waals surface area contributed by atoms with Crippen molar-refractivity contribution in [3.05, 3.63) is 11.1 Å². The normalized spacial score (nSPS) is 37.9. The standard InChI is InChI=1S/C18H32OS/c1-9-11-12(10-2)16-14(18(6,7)8)13(17(3,4)5)15(11)20(16)19/h11-12,15-16H,9-10H2,1-8H3/t11-,12-,15-,16+,20?/m0/s1. The fourth-order valence-corrected chi connectivity index (χ4v) is 7.83. The minimum atomic E-state index is -0.688. The third-order valence-corrected chi connectivity index (χ3v) is 7.42. The van der Waals surface area contributed by atoms with E-state index in [0.717, 1.165) is 0 Å². The van der Waals surface area contributed by atoms with E-state index in [1.807, 2.05) is 0 Å². The Hall–Kier alpha value is -0.110. The Kier molecular flexibility index (Phi) is 4.04. The van der Waals surface area contributed by atoms with Gasteiger partial charge in [0.1, 0.15) is 0 Å². The van der Waals surface area contributed by atoms with Crippen molar-refractivity contribution >= 4 is 10.8 Å². The van der Waals surface area contributed by atoms with Gasteiger partial charge < -0.3 is 0 Å². The van der Waals surface area contributed by atoms with Crippen LogP contribution in [0, 0.1) is 22.7 Å². The van der Waals surface area contributed by atoms with E-state index >= 15 is 0 Å². The van der Waals surface area contributed by atoms with Gasteiger partial charge in [-0.25, -0.2) is 0 Å². The van der Waals surface area contributed by atoms with Crippen LogP contribution in [-0.2, 0) is 10.8 Å². The molecular formula is C18H32OS. The summed E-state index contributed by atoms with van der Waals surface area (Å²) in [5.41, 5.74) is 3.35. The van der Waals surface area contributed by atoms with Crippen molar-refractivity contribution < 1.29 is 4.21 Å². The molecule has 2 aliphatic heterocycles. The highest BCUT2D eigenvalue weighted by atomic mass is 32.2. The second-order valence-corrected chi connectivity index (χ2v) is 10.3. The van der Waals surface area contributed by atoms with E-state index in [4.69, 9.17) is 0 Å². The van der Waals surface area contributed by atoms with E-state index in [-0.39, 0.29) is 10.8 Å². The Morgan fingerprint density at radius 3 is 1.30 bits per heavy atom. The quantitative estimate of drug-likeness (QED) is 0.660. The van der Waals surface area contributed by atoms with Gasteiger partial charge in [0.15, 0.2) is 0 Å². The van der Waals surface area contributed by atoms with Crippen LogP contribution in [0.1, 0.15) is 68.2 Å². The van der Waals surface area contributed by atoms with Gasteiger partial charge >= 0.3 is 0 Å². The van der Waals surface area contributed by atoms with Crippen LogP contribution in [0.25, 0.3) is 0 Å². The molecule has 1 unspecified atom stereocenters. The fraction of sp³-hybridized carbons (Fsp3) is 0.889. The van der Waals surface area contributed by atoms with Crippen molar-refractivity contribution in [2.75, 3.05) is 0 Å². The molecule has 20 heavy (non-hydrogen) atoms. The summed E-state index contributed by atoms with van der Waals surface area (Å²) in [4.78, 5) is 0. The summed E-state index contributed by atoms with van der Waals surface area (Å²) < 4.78 is 13.1. The molecule has 116 valence electrons. The second kappa shape index (κ2) is 4.97. The van der Waals surface area contributed by atoms with Gasteiger partial charge in [-0.05, 0) is 33.8 Å². The maximum atomic E-state index is 13.1. The first-order valence-corrected chi connectivity index (χ1v) is 9.47. The van der Waals surface area contributed by atoms with Crippen molar-refractivity contribution in [1.29, 1.82) is 0 Å². The molecule has 2 heterocycles. The average molecular weight is 297 g/mol. The number of rotatable bonds is 2. The largest absolute Gasteiger partial charge is 0.258 e. The Morgan fingerprint density at radius 1 is 0.800 bits per heavy atom. The summed E-state index contributed by atoms with van der Waals surface area (Å²) in [6.07, 6.45) is 2.34. The third-order valence-electron chi connectivity index (χ3n) is 5.25. The second-order valence-electron chi connectivity index (χ2n) is 8.64. The summed E-state index contributed by atoms with van der Waals surface area (Å²) in [6.45, 7) is 18.4. The van der Waals surface area contributed by atoms with E-state index in [2.05, 4.69) is 55.4 Å². The maximum absolute atomic E-state index is 13.1. The molecule has 2 heteroatoms. The summed E-state index contributed by atoms with van der Waals surface area (Å²) in [7, 11) is -0.688. The molecule has 0 aliphatic carbocycles. The Balaban J connectivity index is 2.65. The SMILES string of the molecule is CC[C@H]1[C@H](CC)[C@@H]2C(C(C)(C)C)=C(C(C)(C)C)[C@H]1S2=O. The van der Waals surface area contributed by atoms with Crippen LogP contribution in [0.2, 0.25) is 0 Å². The summed E-state index contributed by atoms with van der Waals surface area (Å²) >= 11 is 0. The lowest BCUT2D eigenvalue weighted by atomic mass is 9.62. The molecule has 2 rings (SSSR count). The van der Waals surface area contributed by atoms with Crippen LogP contribution < -0.4 is 0 Å². The molecule has 0 amide bonds. The van der Waals surface area contributed by atoms with Gasteiger partial charge in [0.25, 0.3) is 0 Å². The Bertz CT molecular complexity index is 407. The molecule has 5 atom stereocenters. The molecule has 0 radical (unpaired) electrons. The highest BCUT2D eigenvalue weighted by molar-refractivity contribution is 7.87. The van der Waals surface area contributed by atoms with E-state index in [1.165, 1.54) is 24.0 Å². The molecule has 0 N–H and O–H groups in total. The first-order valence-electron chi connectivity index (χ1n) is 8.20. The smallest absolute Gasteiger partial charge is 0.0602 e. The van der Waals surface area contributed by atoms with Crippen molar-refractivity contribution in [3.8, 4) is 0 Å². The number of hydrogen-bond acceptors (Lipinski definition) is 1. The van der Waals surface area contributed by atoms with E-state index in [0.29, 0.717) is 22.3 Å². The topological polar surface area (TPSA) is 17.1 Å². The lowest BCUT2D eigenvalue weighted by Gasteiger charge is -2.41. The van der Waals surface area contributed by atoms with E-state index in [1.54, 1.807) is 0 Å². The maximum Gasteiger partial charge on any atom is 0.0602 e. The van der Waals surface area contributed by atoms with Gasteiger partial charge in [-0.2, -0.15) is 0 Å². The number of hydrogen-bond donors (Lipinski definition) is 0. The molecule has 0 aromatic heterocycles. The average Bonchev–Trinajstić information content (AvgIpc) is 2.74. The van der Waals surface area contributed by atoms with Crippen LogP contribution in [0.15, 0.2) is 11.1 Å². The van der Waals surface area contributed by atoms with Crippen LogP contribution in [-0.4, -0.2) is 14.7 Å². The molecule has 0 aromatic carbocycles. The van der Waals surface area contributed by atoms with Crippen molar-refractivity contribution in [2.45, 2.75) is 78.7 Å². The highest BCUT2D eigenvalue weighted by Gasteiger charge is 2.59. The molecule has 2 aliphatic rings. The molecule has 1 nitrogen and oxygen atoms in total. The Labute approximate surface area is 128 Å². The zero-order valence-electron chi connectivity index (χ0n) is 14.5. The lowest BCUT2D eigenvalue weighted by Crippen LogP contribution is -2.36. The van der Waals surface area contributed by atoms with Crippen LogP contribution in [0.4, 0.5) is 0 Å². The molecule has 1 saturated heterocycles. The minimum absolute atomic E-state index is 0.143. The first-order chi connectivity index (χ1) is 9.05. The molecule has 1 fully saturated rings. The van der Waals surface area contributed by atoms with Crippen molar-refractivity contribution in [3.63, 3.8) is 0 Å². The molecular weight excluding hydrogens is 264 g/mol. The summed E-state index contributed by atoms with van der Waals surface area (Å²) in [5, 5.41) is 0.647. The Morgan fingerprint density at radius 2 is 1.10 bits per heavy atom. The molecule has 0 saturated carbocycles. The van der Waals surface area contributed by atoms with Gasteiger partial charge in [0, 0.05) is 10.8 Å². The van der Waals surface area contributed by atoms with Crippen molar-refractivity contribution in [1.82, 2.24) is 0 Å². The van der Waals surface area contributed by atoms with Gasteiger partial charge in [0.2, 0.25) is 0 Å². The number of fused-ring (bicyclic) bond motifs is 2. The molecule has 2 bridgehead atoms. The zero-order chi connectivity index (χ0) is 15.5. The highest BCUT2D eigenvalue weighted by Crippen LogP contribution is 2.59. The molecule has 0 aromatic rings. The monoisotopic (exact) mass is 296 g/mol. The van der Waals surface area contributed by atoms with E-state index < -0.39 is 10.8 Å². The lowest BCUT2D eigenvalue weighted by molar-refractivity contribution is 0.277. The van der Waals surface area contributed by atoms with Gasteiger partial charge in [-0.1, -0.05) is 68.2 Å². The van der Waals surface area contributed by atoms with Gasteiger partial charge in [-0.15, -0.1) is 0 Å². The fourth-order valence-electron chi connectivity index (χ4n) is 4.61. The van der Waals surface area contributed by atoms with E-state index in [9.17, 15) is 4.21 Å². The molecule has 0 spiro atoms. The van der Waals surface area contributed by atoms with Crippen LogP contribution in [0.5, 0.6) is 0 Å².